The van der Waals surface area contributed by atoms with Crippen molar-refractivity contribution in [2.75, 3.05) is 0 Å². The SMILES string of the molecule is PN([SeH])I. The Morgan fingerprint density at radius 3 is 2.00 bits per heavy atom. The topological polar surface area (TPSA) is 3.24 Å². The first-order valence-electron chi connectivity index (χ1n) is 0.627. The fourth-order valence-electron chi connectivity index (χ4n) is 0. The van der Waals surface area contributed by atoms with Gasteiger partial charge in [-0.2, -0.15) is 0 Å². The van der Waals surface area contributed by atoms with Crippen LogP contribution in [-0.4, -0.2) is 18.1 Å². The third-order valence-electron chi connectivity index (χ3n) is 0. The van der Waals surface area contributed by atoms with Crippen LogP contribution in [0.1, 0.15) is 0 Å². The molecule has 0 aliphatic rings. The normalized spacial score (nSPS) is 9.00. The molecule has 0 heterocycles. The molecule has 0 bridgehead atoms. The quantitative estimate of drug-likeness (QED) is 0.259. The predicted molar refractivity (Wildman–Crippen MR) is 32.7 cm³/mol. The van der Waals surface area contributed by atoms with E-state index in [1.165, 1.54) is 0 Å². The van der Waals surface area contributed by atoms with Gasteiger partial charge in [-0.05, 0) is 0 Å². The zero-order valence-electron chi connectivity index (χ0n) is 1.85. The predicted octanol–water partition coefficient (Wildman–Crippen LogP) is 0.244. The Balaban J connectivity index is 2.32. The number of nitrogens with zero attached hydrogens (tertiary/aromatic N) is 1. The van der Waals surface area contributed by atoms with Crippen LogP contribution in [0.2, 0.25) is 0 Å². The van der Waals surface area contributed by atoms with Crippen molar-refractivity contribution in [3.8, 4) is 0 Å². The van der Waals surface area contributed by atoms with Gasteiger partial charge in [0.05, 0.1) is 0 Å². The van der Waals surface area contributed by atoms with Crippen molar-refractivity contribution in [3.05, 3.63) is 0 Å². The van der Waals surface area contributed by atoms with E-state index in [1.807, 2.05) is 1.90 Å². The van der Waals surface area contributed by atoms with Crippen LogP contribution in [0.3, 0.4) is 0 Å². The van der Waals surface area contributed by atoms with Gasteiger partial charge in [-0.1, -0.05) is 0 Å². The van der Waals surface area contributed by atoms with Crippen molar-refractivity contribution in [2.45, 2.75) is 0 Å². The molecule has 0 N–H and O–H groups in total. The van der Waals surface area contributed by atoms with Gasteiger partial charge in [-0.15, -0.1) is 0 Å². The Bertz CT molecular complexity index is 12.8. The molecule has 1 unspecified atom stereocenters. The zero-order valence-corrected chi connectivity index (χ0v) is 7.04. The molecule has 0 amide bonds. The minimum absolute atomic E-state index is 1.82. The van der Waals surface area contributed by atoms with Crippen molar-refractivity contribution in [1.29, 1.82) is 0 Å². The molecule has 26 valence electrons. The van der Waals surface area contributed by atoms with Gasteiger partial charge < -0.3 is 0 Å². The summed E-state index contributed by atoms with van der Waals surface area (Å²) in [5, 5.41) is 0. The molecule has 4 heavy (non-hydrogen) atoms. The molecule has 1 atom stereocenters. The van der Waals surface area contributed by atoms with Gasteiger partial charge in [-0.3, -0.25) is 0 Å². The first-order chi connectivity index (χ1) is 1.73. The Labute approximate surface area is 50.3 Å². The van der Waals surface area contributed by atoms with Crippen LogP contribution < -0.4 is 0 Å². The molecule has 0 aliphatic heterocycles. The van der Waals surface area contributed by atoms with Crippen LogP contribution >= 0.6 is 32.3 Å². The minimum atomic E-state index is 1.82. The molecule has 1 nitrogen and oxygen atoms in total. The van der Waals surface area contributed by atoms with Gasteiger partial charge in [0.25, 0.3) is 0 Å². The zero-order chi connectivity index (χ0) is 3.58. The van der Waals surface area contributed by atoms with E-state index in [4.69, 9.17) is 0 Å². The van der Waals surface area contributed by atoms with Gasteiger partial charge in [0.2, 0.25) is 0 Å². The number of hydrogen-bond acceptors (Lipinski definition) is 1. The van der Waals surface area contributed by atoms with Crippen molar-refractivity contribution in [3.63, 3.8) is 0 Å². The number of rotatable bonds is 0. The molecule has 0 aromatic heterocycles. The molecule has 0 aliphatic carbocycles. The monoisotopic (exact) mass is 255 g/mol. The third-order valence-corrected chi connectivity index (χ3v) is 0. The molecule has 0 aromatic carbocycles. The average Bonchev–Trinajstić information content (AvgIpc) is 0.811. The average molecular weight is 254 g/mol. The maximum atomic E-state index is 2.45. The van der Waals surface area contributed by atoms with E-state index in [-0.39, 0.29) is 0 Å². The molecule has 0 saturated carbocycles. The van der Waals surface area contributed by atoms with Crippen LogP contribution in [0.5, 0.6) is 0 Å². The van der Waals surface area contributed by atoms with Crippen LogP contribution in [0.4, 0.5) is 0 Å². The van der Waals surface area contributed by atoms with Gasteiger partial charge >= 0.3 is 50.4 Å². The van der Waals surface area contributed by atoms with Crippen molar-refractivity contribution in [2.24, 2.45) is 0 Å². The summed E-state index contributed by atoms with van der Waals surface area (Å²) in [6, 6.07) is 0. The van der Waals surface area contributed by atoms with E-state index in [2.05, 4.69) is 48.5 Å². The van der Waals surface area contributed by atoms with Crippen LogP contribution in [-0.2, 0) is 0 Å². The number of hydrogen-bond donors (Lipinski definition) is 0. The molecule has 0 spiro atoms. The van der Waals surface area contributed by atoms with Crippen LogP contribution in [0, 0.1) is 0 Å². The van der Waals surface area contributed by atoms with Crippen molar-refractivity contribution < 1.29 is 0 Å². The summed E-state index contributed by atoms with van der Waals surface area (Å²) in [5.41, 5.74) is 0. The Kier molecular flexibility index (Phi) is 4.03. The Hall–Kier alpha value is 1.64. The first kappa shape index (κ1) is 5.64. The Morgan fingerprint density at radius 1 is 2.00 bits per heavy atom. The van der Waals surface area contributed by atoms with Crippen LogP contribution in [0.25, 0.3) is 0 Å². The fraction of sp³-hybridized carbons (Fsp3) is 0. The van der Waals surface area contributed by atoms with E-state index in [0.717, 1.165) is 0 Å². The van der Waals surface area contributed by atoms with Crippen molar-refractivity contribution in [1.82, 2.24) is 1.90 Å². The molecule has 0 rings (SSSR count). The summed E-state index contributed by atoms with van der Waals surface area (Å²) in [7, 11) is 2.45. The van der Waals surface area contributed by atoms with Crippen molar-refractivity contribution >= 4 is 48.5 Å². The molecule has 0 aromatic rings. The van der Waals surface area contributed by atoms with E-state index < -0.39 is 0 Å². The Morgan fingerprint density at radius 2 is 2.00 bits per heavy atom. The second-order valence-electron chi connectivity index (χ2n) is 0.289. The second-order valence-corrected chi connectivity index (χ2v) is 6.40. The second kappa shape index (κ2) is 2.86. The molecule has 0 radical (unpaired) electrons. The fourth-order valence-corrected chi connectivity index (χ4v) is 0. The summed E-state index contributed by atoms with van der Waals surface area (Å²) in [6.07, 6.45) is 0. The third kappa shape index (κ3) is 9.43. The van der Waals surface area contributed by atoms with Crippen LogP contribution in [0.15, 0.2) is 0 Å². The van der Waals surface area contributed by atoms with E-state index in [0.29, 0.717) is 0 Å². The van der Waals surface area contributed by atoms with Gasteiger partial charge in [0, 0.05) is 0 Å². The maximum absolute atomic E-state index is 2.45. The summed E-state index contributed by atoms with van der Waals surface area (Å²) < 4.78 is 1.82. The molecular formula is H3INPSe. The summed E-state index contributed by atoms with van der Waals surface area (Å²) >= 11 is 4.43. The molecule has 4 heteroatoms. The first-order valence-corrected chi connectivity index (χ1v) is 2.95. The summed E-state index contributed by atoms with van der Waals surface area (Å²) in [6.45, 7) is 0. The summed E-state index contributed by atoms with van der Waals surface area (Å²) in [4.78, 5) is 0. The van der Waals surface area contributed by atoms with Gasteiger partial charge in [0.15, 0.2) is 0 Å². The molecule has 0 saturated heterocycles. The van der Waals surface area contributed by atoms with Gasteiger partial charge in [-0.25, -0.2) is 0 Å². The summed E-state index contributed by atoms with van der Waals surface area (Å²) in [5.74, 6) is 0. The van der Waals surface area contributed by atoms with E-state index in [1.54, 1.807) is 0 Å². The molecule has 0 fully saturated rings. The van der Waals surface area contributed by atoms with E-state index in [9.17, 15) is 0 Å². The number of halogens is 1. The van der Waals surface area contributed by atoms with E-state index >= 15 is 0 Å². The molecular weight excluding hydrogens is 251 g/mol. The standard InChI is InChI=1S/H3INPSe/c1-2(3)4/h4H,3H2. The van der Waals surface area contributed by atoms with Gasteiger partial charge in [0.1, 0.15) is 0 Å².